The van der Waals surface area contributed by atoms with E-state index >= 15 is 0 Å². The molecule has 0 aliphatic heterocycles. The molecule has 5 heteroatoms. The van der Waals surface area contributed by atoms with Gasteiger partial charge in [-0.3, -0.25) is 4.79 Å². The third kappa shape index (κ3) is 3.40. The lowest BCUT2D eigenvalue weighted by Gasteiger charge is -2.09. The molecule has 0 aromatic heterocycles. The summed E-state index contributed by atoms with van der Waals surface area (Å²) in [5.41, 5.74) is 8.20. The minimum absolute atomic E-state index is 0.226. The van der Waals surface area contributed by atoms with Crippen LogP contribution in [0.4, 0.5) is 11.4 Å². The average molecular weight is 295 g/mol. The zero-order valence-corrected chi connectivity index (χ0v) is 11.7. The van der Waals surface area contributed by atoms with Crippen LogP contribution < -0.4 is 11.1 Å². The van der Waals surface area contributed by atoms with E-state index in [0.29, 0.717) is 27.0 Å². The van der Waals surface area contributed by atoms with Crippen LogP contribution in [-0.2, 0) is 0 Å². The van der Waals surface area contributed by atoms with Gasteiger partial charge in [0.25, 0.3) is 5.91 Å². The fourth-order valence-electron chi connectivity index (χ4n) is 1.77. The van der Waals surface area contributed by atoms with Crippen LogP contribution in [0.5, 0.6) is 0 Å². The number of nitrogens with two attached hydrogens (primary N) is 1. The van der Waals surface area contributed by atoms with Gasteiger partial charge in [0.15, 0.2) is 0 Å². The molecule has 98 valence electrons. The number of anilines is 2. The van der Waals surface area contributed by atoms with Crippen molar-refractivity contribution in [3.05, 3.63) is 57.6 Å². The van der Waals surface area contributed by atoms with Crippen LogP contribution in [0.2, 0.25) is 10.0 Å². The number of carbonyl (C=O) groups is 1. The number of nitrogens with one attached hydrogen (secondary N) is 1. The number of aryl methyl sites for hydroxylation is 1. The van der Waals surface area contributed by atoms with E-state index in [1.54, 1.807) is 36.4 Å². The smallest absolute Gasteiger partial charge is 0.255 e. The number of carbonyl (C=O) groups excluding carboxylic acids is 1. The van der Waals surface area contributed by atoms with E-state index < -0.39 is 0 Å². The van der Waals surface area contributed by atoms with E-state index in [1.807, 2.05) is 6.92 Å². The molecule has 0 saturated carbocycles. The first-order chi connectivity index (χ1) is 8.95. The van der Waals surface area contributed by atoms with Crippen molar-refractivity contribution in [1.82, 2.24) is 0 Å². The fourth-order valence-corrected chi connectivity index (χ4v) is 2.29. The molecular weight excluding hydrogens is 283 g/mol. The van der Waals surface area contributed by atoms with Gasteiger partial charge in [-0.1, -0.05) is 23.2 Å². The van der Waals surface area contributed by atoms with Crippen LogP contribution in [0.15, 0.2) is 36.4 Å². The Kier molecular flexibility index (Phi) is 3.98. The maximum absolute atomic E-state index is 12.1. The summed E-state index contributed by atoms with van der Waals surface area (Å²) in [4.78, 5) is 12.1. The molecule has 0 fully saturated rings. The maximum atomic E-state index is 12.1. The highest BCUT2D eigenvalue weighted by atomic mass is 35.5. The van der Waals surface area contributed by atoms with Gasteiger partial charge in [0.05, 0.1) is 0 Å². The summed E-state index contributed by atoms with van der Waals surface area (Å²) < 4.78 is 0. The van der Waals surface area contributed by atoms with Crippen molar-refractivity contribution in [2.24, 2.45) is 0 Å². The molecule has 0 heterocycles. The average Bonchev–Trinajstić information content (AvgIpc) is 2.26. The van der Waals surface area contributed by atoms with Crippen LogP contribution in [0, 0.1) is 6.92 Å². The van der Waals surface area contributed by atoms with Gasteiger partial charge in [-0.05, 0) is 48.9 Å². The minimum atomic E-state index is -0.226. The standard InChI is InChI=1S/C14H12Cl2N2O/c1-8-4-11(17)2-3-13(8)14(19)18-12-6-9(15)5-10(16)7-12/h2-7H,17H2,1H3,(H,18,19). The molecule has 0 unspecified atom stereocenters. The molecule has 2 aromatic carbocycles. The molecule has 0 aliphatic rings. The van der Waals surface area contributed by atoms with E-state index in [9.17, 15) is 4.79 Å². The van der Waals surface area contributed by atoms with E-state index in [0.717, 1.165) is 5.56 Å². The zero-order valence-electron chi connectivity index (χ0n) is 10.2. The quantitative estimate of drug-likeness (QED) is 0.818. The Morgan fingerprint density at radius 3 is 2.32 bits per heavy atom. The van der Waals surface area contributed by atoms with Gasteiger partial charge in [-0.25, -0.2) is 0 Å². The summed E-state index contributed by atoms with van der Waals surface area (Å²) in [6.07, 6.45) is 0. The Morgan fingerprint density at radius 1 is 1.11 bits per heavy atom. The Balaban J connectivity index is 2.25. The molecule has 0 aliphatic carbocycles. The second-order valence-electron chi connectivity index (χ2n) is 4.19. The lowest BCUT2D eigenvalue weighted by Crippen LogP contribution is -2.13. The monoisotopic (exact) mass is 294 g/mol. The molecule has 1 amide bonds. The second kappa shape index (κ2) is 5.51. The van der Waals surface area contributed by atoms with Crippen LogP contribution in [0.1, 0.15) is 15.9 Å². The molecule has 2 aromatic rings. The summed E-state index contributed by atoms with van der Waals surface area (Å²) >= 11 is 11.8. The topological polar surface area (TPSA) is 55.1 Å². The Bertz CT molecular complexity index is 621. The first kappa shape index (κ1) is 13.7. The van der Waals surface area contributed by atoms with Gasteiger partial charge < -0.3 is 11.1 Å². The lowest BCUT2D eigenvalue weighted by atomic mass is 10.1. The van der Waals surface area contributed by atoms with E-state index in [2.05, 4.69) is 5.32 Å². The van der Waals surface area contributed by atoms with Crippen LogP contribution in [0.3, 0.4) is 0 Å². The molecule has 0 atom stereocenters. The number of nitrogen functional groups attached to an aromatic ring is 1. The number of rotatable bonds is 2. The summed E-state index contributed by atoms with van der Waals surface area (Å²) in [5, 5.41) is 3.69. The fraction of sp³-hybridized carbons (Fsp3) is 0.0714. The van der Waals surface area contributed by atoms with Crippen LogP contribution in [-0.4, -0.2) is 5.91 Å². The van der Waals surface area contributed by atoms with Crippen molar-refractivity contribution < 1.29 is 4.79 Å². The number of benzene rings is 2. The summed E-state index contributed by atoms with van der Waals surface area (Å²) in [7, 11) is 0. The third-order valence-corrected chi connectivity index (χ3v) is 3.05. The highest BCUT2D eigenvalue weighted by Crippen LogP contribution is 2.23. The first-order valence-electron chi connectivity index (χ1n) is 5.59. The van der Waals surface area contributed by atoms with E-state index in [-0.39, 0.29) is 5.91 Å². The molecular formula is C14H12Cl2N2O. The summed E-state index contributed by atoms with van der Waals surface area (Å²) in [5.74, 6) is -0.226. The molecule has 0 saturated heterocycles. The van der Waals surface area contributed by atoms with Crippen molar-refractivity contribution in [3.8, 4) is 0 Å². The predicted octanol–water partition coefficient (Wildman–Crippen LogP) is 4.14. The molecule has 0 spiro atoms. The van der Waals surface area contributed by atoms with Gasteiger partial charge >= 0.3 is 0 Å². The van der Waals surface area contributed by atoms with Crippen LogP contribution >= 0.6 is 23.2 Å². The van der Waals surface area contributed by atoms with Crippen molar-refractivity contribution >= 4 is 40.5 Å². The Labute approximate surface area is 121 Å². The first-order valence-corrected chi connectivity index (χ1v) is 6.35. The molecule has 0 radical (unpaired) electrons. The maximum Gasteiger partial charge on any atom is 0.255 e. The van der Waals surface area contributed by atoms with Gasteiger partial charge in [0.2, 0.25) is 0 Å². The lowest BCUT2D eigenvalue weighted by molar-refractivity contribution is 0.102. The van der Waals surface area contributed by atoms with Crippen molar-refractivity contribution in [1.29, 1.82) is 0 Å². The highest BCUT2D eigenvalue weighted by molar-refractivity contribution is 6.35. The predicted molar refractivity (Wildman–Crippen MR) is 80.0 cm³/mol. The van der Waals surface area contributed by atoms with Gasteiger partial charge in [0, 0.05) is 27.0 Å². The SMILES string of the molecule is Cc1cc(N)ccc1C(=O)Nc1cc(Cl)cc(Cl)c1. The van der Waals surface area contributed by atoms with Gasteiger partial charge in [0.1, 0.15) is 0 Å². The van der Waals surface area contributed by atoms with Gasteiger partial charge in [-0.15, -0.1) is 0 Å². The molecule has 2 rings (SSSR count). The summed E-state index contributed by atoms with van der Waals surface area (Å²) in [6.45, 7) is 1.83. The summed E-state index contributed by atoms with van der Waals surface area (Å²) in [6, 6.07) is 10.0. The van der Waals surface area contributed by atoms with Crippen molar-refractivity contribution in [2.45, 2.75) is 6.92 Å². The number of hydrogen-bond donors (Lipinski definition) is 2. The molecule has 3 N–H and O–H groups in total. The number of hydrogen-bond acceptors (Lipinski definition) is 2. The molecule has 19 heavy (non-hydrogen) atoms. The number of amides is 1. The van der Waals surface area contributed by atoms with E-state index in [1.165, 1.54) is 0 Å². The van der Waals surface area contributed by atoms with Gasteiger partial charge in [-0.2, -0.15) is 0 Å². The van der Waals surface area contributed by atoms with Crippen molar-refractivity contribution in [2.75, 3.05) is 11.1 Å². The Hall–Kier alpha value is -1.71. The Morgan fingerprint density at radius 2 is 1.74 bits per heavy atom. The number of halogens is 2. The normalized spacial score (nSPS) is 10.3. The highest BCUT2D eigenvalue weighted by Gasteiger charge is 2.10. The molecule has 0 bridgehead atoms. The van der Waals surface area contributed by atoms with Crippen LogP contribution in [0.25, 0.3) is 0 Å². The second-order valence-corrected chi connectivity index (χ2v) is 5.06. The largest absolute Gasteiger partial charge is 0.399 e. The minimum Gasteiger partial charge on any atom is -0.399 e. The third-order valence-electron chi connectivity index (χ3n) is 2.62. The zero-order chi connectivity index (χ0) is 14.0. The van der Waals surface area contributed by atoms with E-state index in [4.69, 9.17) is 28.9 Å². The van der Waals surface area contributed by atoms with Crippen molar-refractivity contribution in [3.63, 3.8) is 0 Å². The molecule has 3 nitrogen and oxygen atoms in total.